The number of ether oxygens (including phenoxy) is 1. The van der Waals surface area contributed by atoms with Crippen LogP contribution in [0.4, 0.5) is 0 Å². The molecule has 1 amide bonds. The van der Waals surface area contributed by atoms with Crippen LogP contribution in [0.3, 0.4) is 0 Å². The summed E-state index contributed by atoms with van der Waals surface area (Å²) in [6.07, 6.45) is 7.13. The van der Waals surface area contributed by atoms with E-state index in [4.69, 9.17) is 4.74 Å². The van der Waals surface area contributed by atoms with E-state index < -0.39 is 12.1 Å². The van der Waals surface area contributed by atoms with E-state index in [1.54, 1.807) is 29.8 Å². The van der Waals surface area contributed by atoms with Gasteiger partial charge >= 0.3 is 5.97 Å². The Morgan fingerprint density at radius 2 is 1.93 bits per heavy atom. The fraction of sp³-hybridized carbons (Fsp3) is 0.524. The first-order valence-corrected chi connectivity index (χ1v) is 9.99. The molecule has 2 aromatic rings. The van der Waals surface area contributed by atoms with Crippen molar-refractivity contribution < 1.29 is 14.3 Å². The minimum absolute atomic E-state index is 0.0704. The van der Waals surface area contributed by atoms with E-state index in [1.165, 1.54) is 19.0 Å². The van der Waals surface area contributed by atoms with Crippen molar-refractivity contribution in [1.82, 2.24) is 15.1 Å². The first-order valence-electron chi connectivity index (χ1n) is 9.99. The highest BCUT2D eigenvalue weighted by Gasteiger charge is 2.21. The fourth-order valence-corrected chi connectivity index (χ4v) is 3.59. The molecule has 1 aliphatic carbocycles. The van der Waals surface area contributed by atoms with Gasteiger partial charge in [0.2, 0.25) is 5.43 Å². The quantitative estimate of drug-likeness (QED) is 0.610. The van der Waals surface area contributed by atoms with E-state index in [9.17, 15) is 14.4 Å². The van der Waals surface area contributed by atoms with Crippen LogP contribution in [0.15, 0.2) is 35.3 Å². The predicted molar refractivity (Wildman–Crippen MR) is 106 cm³/mol. The summed E-state index contributed by atoms with van der Waals surface area (Å²) in [6, 6.07) is 7.30. The lowest BCUT2D eigenvalue weighted by Crippen LogP contribution is -2.41. The average Bonchev–Trinajstić information content (AvgIpc) is 2.96. The van der Waals surface area contributed by atoms with Crippen molar-refractivity contribution in [3.05, 3.63) is 40.7 Å². The number of carbonyl (C=O) groups is 2. The van der Waals surface area contributed by atoms with Crippen molar-refractivity contribution >= 4 is 22.8 Å². The third kappa shape index (κ3) is 5.18. The van der Waals surface area contributed by atoms with Gasteiger partial charge in [-0.3, -0.25) is 19.1 Å². The standard InChI is InChI=1S/C21H27N3O4/c1-15(21(27)23-16-8-4-2-3-5-9-16)28-20(26)12-13-24-18-11-7-6-10-17(18)19(25)14-22-24/h6-7,10-11,14-16H,2-5,8-9,12-13H2,1H3,(H,23,27)/t15-/m1/s1. The number of aryl methyl sites for hydroxylation is 1. The molecule has 7 nitrogen and oxygen atoms in total. The van der Waals surface area contributed by atoms with Crippen molar-refractivity contribution in [2.24, 2.45) is 0 Å². The maximum absolute atomic E-state index is 12.3. The third-order valence-electron chi connectivity index (χ3n) is 5.17. The lowest BCUT2D eigenvalue weighted by Gasteiger charge is -2.19. The second-order valence-electron chi connectivity index (χ2n) is 7.33. The summed E-state index contributed by atoms with van der Waals surface area (Å²) in [4.78, 5) is 36.3. The van der Waals surface area contributed by atoms with Crippen LogP contribution >= 0.6 is 0 Å². The van der Waals surface area contributed by atoms with Crippen LogP contribution < -0.4 is 10.7 Å². The molecule has 1 aromatic heterocycles. The van der Waals surface area contributed by atoms with Crippen LogP contribution in [0, 0.1) is 0 Å². The molecule has 0 bridgehead atoms. The number of hydrogen-bond acceptors (Lipinski definition) is 5. The Hall–Kier alpha value is -2.70. The Bertz CT molecular complexity index is 885. The molecule has 7 heteroatoms. The molecule has 0 saturated heterocycles. The highest BCUT2D eigenvalue weighted by atomic mass is 16.5. The van der Waals surface area contributed by atoms with Gasteiger partial charge in [-0.05, 0) is 31.9 Å². The largest absolute Gasteiger partial charge is 0.452 e. The van der Waals surface area contributed by atoms with Gasteiger partial charge in [0.1, 0.15) is 0 Å². The van der Waals surface area contributed by atoms with Crippen molar-refractivity contribution in [2.75, 3.05) is 0 Å². The molecule has 28 heavy (non-hydrogen) atoms. The molecule has 1 saturated carbocycles. The molecule has 1 aliphatic rings. The summed E-state index contributed by atoms with van der Waals surface area (Å²) in [5.41, 5.74) is 0.514. The van der Waals surface area contributed by atoms with Gasteiger partial charge in [-0.2, -0.15) is 5.10 Å². The number of nitrogens with zero attached hydrogens (tertiary/aromatic N) is 2. The number of rotatable bonds is 6. The SMILES string of the molecule is C[C@@H](OC(=O)CCn1ncc(=O)c2ccccc21)C(=O)NC1CCCCCC1. The van der Waals surface area contributed by atoms with Crippen LogP contribution in [-0.2, 0) is 20.9 Å². The number of amides is 1. The minimum atomic E-state index is -0.825. The number of hydrogen-bond donors (Lipinski definition) is 1. The van der Waals surface area contributed by atoms with E-state index in [2.05, 4.69) is 10.4 Å². The predicted octanol–water partition coefficient (Wildman–Crippen LogP) is 2.56. The van der Waals surface area contributed by atoms with Gasteiger partial charge in [-0.15, -0.1) is 0 Å². The van der Waals surface area contributed by atoms with E-state index >= 15 is 0 Å². The smallest absolute Gasteiger partial charge is 0.308 e. The van der Waals surface area contributed by atoms with Gasteiger partial charge in [-0.25, -0.2) is 0 Å². The maximum Gasteiger partial charge on any atom is 0.308 e. The number of carbonyl (C=O) groups excluding carboxylic acids is 2. The topological polar surface area (TPSA) is 90.3 Å². The Balaban J connectivity index is 1.52. The number of para-hydroxylation sites is 1. The Kier molecular flexibility index (Phi) is 6.79. The number of fused-ring (bicyclic) bond motifs is 1. The van der Waals surface area contributed by atoms with Crippen LogP contribution in [0.25, 0.3) is 10.9 Å². The summed E-state index contributed by atoms with van der Waals surface area (Å²) >= 11 is 0. The van der Waals surface area contributed by atoms with Crippen molar-refractivity contribution in [3.8, 4) is 0 Å². The molecule has 0 unspecified atom stereocenters. The molecule has 150 valence electrons. The molecule has 1 atom stereocenters. The molecule has 0 radical (unpaired) electrons. The molecular weight excluding hydrogens is 358 g/mol. The van der Waals surface area contributed by atoms with Crippen molar-refractivity contribution in [2.45, 2.75) is 70.6 Å². The van der Waals surface area contributed by atoms with E-state index in [-0.39, 0.29) is 30.3 Å². The van der Waals surface area contributed by atoms with Gasteiger partial charge in [0.15, 0.2) is 6.10 Å². The van der Waals surface area contributed by atoms with Crippen molar-refractivity contribution in [3.63, 3.8) is 0 Å². The summed E-state index contributed by atoms with van der Waals surface area (Å²) < 4.78 is 6.89. The normalized spacial score (nSPS) is 16.3. The van der Waals surface area contributed by atoms with Gasteiger partial charge in [0.25, 0.3) is 5.91 Å². The van der Waals surface area contributed by atoms with Crippen LogP contribution in [-0.4, -0.2) is 33.8 Å². The second kappa shape index (κ2) is 9.48. The first-order chi connectivity index (χ1) is 13.5. The molecule has 1 heterocycles. The van der Waals surface area contributed by atoms with Crippen LogP contribution in [0.1, 0.15) is 51.9 Å². The Morgan fingerprint density at radius 3 is 2.68 bits per heavy atom. The Morgan fingerprint density at radius 1 is 1.21 bits per heavy atom. The molecule has 1 N–H and O–H groups in total. The lowest BCUT2D eigenvalue weighted by molar-refractivity contribution is -0.155. The lowest BCUT2D eigenvalue weighted by atomic mass is 10.1. The zero-order valence-electron chi connectivity index (χ0n) is 16.2. The highest BCUT2D eigenvalue weighted by molar-refractivity contribution is 5.83. The average molecular weight is 385 g/mol. The van der Waals surface area contributed by atoms with E-state index in [1.807, 2.05) is 6.07 Å². The van der Waals surface area contributed by atoms with Crippen LogP contribution in [0.2, 0.25) is 0 Å². The summed E-state index contributed by atoms with van der Waals surface area (Å²) in [5, 5.41) is 7.65. The number of benzene rings is 1. The number of aromatic nitrogens is 2. The van der Waals surface area contributed by atoms with Gasteiger partial charge in [0.05, 0.1) is 24.7 Å². The number of esters is 1. The number of nitrogens with one attached hydrogen (secondary N) is 1. The molecular formula is C21H27N3O4. The zero-order chi connectivity index (χ0) is 19.9. The Labute approximate surface area is 164 Å². The fourth-order valence-electron chi connectivity index (χ4n) is 3.59. The molecule has 3 rings (SSSR count). The summed E-state index contributed by atoms with van der Waals surface area (Å²) in [6.45, 7) is 1.87. The highest BCUT2D eigenvalue weighted by Crippen LogP contribution is 2.17. The molecule has 1 aromatic carbocycles. The molecule has 1 fully saturated rings. The van der Waals surface area contributed by atoms with E-state index in [0.717, 1.165) is 25.7 Å². The summed E-state index contributed by atoms with van der Waals surface area (Å²) in [7, 11) is 0. The molecule has 0 spiro atoms. The van der Waals surface area contributed by atoms with E-state index in [0.29, 0.717) is 10.9 Å². The minimum Gasteiger partial charge on any atom is -0.452 e. The first kappa shape index (κ1) is 20.0. The molecule has 0 aliphatic heterocycles. The van der Waals surface area contributed by atoms with Crippen molar-refractivity contribution in [1.29, 1.82) is 0 Å². The summed E-state index contributed by atoms with van der Waals surface area (Å²) in [5.74, 6) is -0.708. The van der Waals surface area contributed by atoms with Gasteiger partial charge in [-0.1, -0.05) is 37.8 Å². The van der Waals surface area contributed by atoms with Gasteiger partial charge < -0.3 is 10.1 Å². The van der Waals surface area contributed by atoms with Crippen LogP contribution in [0.5, 0.6) is 0 Å². The second-order valence-corrected chi connectivity index (χ2v) is 7.33. The maximum atomic E-state index is 12.3. The monoisotopic (exact) mass is 385 g/mol. The van der Waals surface area contributed by atoms with Gasteiger partial charge in [0, 0.05) is 11.4 Å². The third-order valence-corrected chi connectivity index (χ3v) is 5.17. The zero-order valence-corrected chi connectivity index (χ0v) is 16.2.